The van der Waals surface area contributed by atoms with Crippen LogP contribution in [0.15, 0.2) is 45.6 Å². The molecule has 1 aliphatic heterocycles. The van der Waals surface area contributed by atoms with Gasteiger partial charge in [-0.15, -0.1) is 0 Å². The third-order valence-corrected chi connectivity index (χ3v) is 5.86. The van der Waals surface area contributed by atoms with Crippen LogP contribution < -0.4 is 0 Å². The zero-order chi connectivity index (χ0) is 18.6. The fraction of sp³-hybridized carbons (Fsp3) is 0.381. The van der Waals surface area contributed by atoms with Gasteiger partial charge in [0.2, 0.25) is 17.6 Å². The first-order valence-corrected chi connectivity index (χ1v) is 10.3. The molecule has 1 amide bonds. The normalized spacial score (nSPS) is 17.2. The van der Waals surface area contributed by atoms with Crippen LogP contribution in [-0.2, 0) is 17.6 Å². The van der Waals surface area contributed by atoms with E-state index in [-0.39, 0.29) is 5.91 Å². The highest BCUT2D eigenvalue weighted by atomic mass is 32.1. The lowest BCUT2D eigenvalue weighted by Crippen LogP contribution is -2.41. The van der Waals surface area contributed by atoms with Crippen molar-refractivity contribution in [1.29, 1.82) is 0 Å². The van der Waals surface area contributed by atoms with Crippen molar-refractivity contribution < 1.29 is 9.32 Å². The van der Waals surface area contributed by atoms with Gasteiger partial charge in [-0.25, -0.2) is 0 Å². The predicted molar refractivity (Wildman–Crippen MR) is 106 cm³/mol. The summed E-state index contributed by atoms with van der Waals surface area (Å²) in [6.07, 6.45) is 3.33. The van der Waals surface area contributed by atoms with E-state index in [9.17, 15) is 4.79 Å². The van der Waals surface area contributed by atoms with Crippen LogP contribution in [0.1, 0.15) is 29.9 Å². The smallest absolute Gasteiger partial charge is 0.227 e. The monoisotopic (exact) mass is 381 g/mol. The molecular formula is C21H23N3O2S. The lowest BCUT2D eigenvalue weighted by Gasteiger charge is -2.32. The van der Waals surface area contributed by atoms with E-state index in [2.05, 4.69) is 10.1 Å². The van der Waals surface area contributed by atoms with E-state index in [0.29, 0.717) is 24.1 Å². The zero-order valence-electron chi connectivity index (χ0n) is 15.4. The molecule has 1 aliphatic rings. The van der Waals surface area contributed by atoms with Gasteiger partial charge in [-0.3, -0.25) is 4.79 Å². The van der Waals surface area contributed by atoms with Gasteiger partial charge in [0.1, 0.15) is 0 Å². The van der Waals surface area contributed by atoms with Gasteiger partial charge in [-0.05, 0) is 53.6 Å². The Morgan fingerprint density at radius 3 is 3.04 bits per heavy atom. The summed E-state index contributed by atoms with van der Waals surface area (Å²) in [5.74, 6) is 1.88. The summed E-state index contributed by atoms with van der Waals surface area (Å²) in [4.78, 5) is 19.1. The predicted octanol–water partition coefficient (Wildman–Crippen LogP) is 4.13. The lowest BCUT2D eigenvalue weighted by atomic mass is 9.94. The van der Waals surface area contributed by atoms with Crippen LogP contribution in [0.25, 0.3) is 11.4 Å². The van der Waals surface area contributed by atoms with Gasteiger partial charge in [0.05, 0.1) is 6.42 Å². The average molecular weight is 382 g/mol. The van der Waals surface area contributed by atoms with E-state index < -0.39 is 0 Å². The van der Waals surface area contributed by atoms with Crippen molar-refractivity contribution in [3.63, 3.8) is 0 Å². The van der Waals surface area contributed by atoms with E-state index in [1.807, 2.05) is 52.9 Å². The molecule has 0 N–H and O–H groups in total. The topological polar surface area (TPSA) is 59.2 Å². The van der Waals surface area contributed by atoms with Crippen molar-refractivity contribution in [3.8, 4) is 11.4 Å². The molecular weight excluding hydrogens is 358 g/mol. The van der Waals surface area contributed by atoms with Crippen molar-refractivity contribution in [3.05, 3.63) is 58.1 Å². The minimum atomic E-state index is 0.212. The van der Waals surface area contributed by atoms with Crippen molar-refractivity contribution in [2.24, 2.45) is 5.92 Å². The number of rotatable bonds is 5. The molecule has 1 aromatic carbocycles. The van der Waals surface area contributed by atoms with E-state index >= 15 is 0 Å². The summed E-state index contributed by atoms with van der Waals surface area (Å²) in [6, 6.07) is 10.1. The Labute approximate surface area is 163 Å². The number of carbonyl (C=O) groups excluding carboxylic acids is 1. The molecule has 3 aromatic rings. The van der Waals surface area contributed by atoms with Crippen LogP contribution in [0.3, 0.4) is 0 Å². The molecule has 0 unspecified atom stereocenters. The zero-order valence-corrected chi connectivity index (χ0v) is 16.2. The van der Waals surface area contributed by atoms with Crippen molar-refractivity contribution >= 4 is 17.2 Å². The summed E-state index contributed by atoms with van der Waals surface area (Å²) in [7, 11) is 0. The van der Waals surface area contributed by atoms with Gasteiger partial charge >= 0.3 is 0 Å². The standard InChI is InChI=1S/C21H23N3O2S/c1-15-5-2-3-7-18(15)21-22-19(26-23-21)11-16-6-4-9-24(13-16)20(25)12-17-8-10-27-14-17/h2-3,5,7-8,10,14,16H,4,6,9,11-13H2,1H3/t16-/m0/s1. The summed E-state index contributed by atoms with van der Waals surface area (Å²) < 4.78 is 5.49. The first-order chi connectivity index (χ1) is 13.2. The maximum absolute atomic E-state index is 12.6. The molecule has 1 atom stereocenters. The summed E-state index contributed by atoms with van der Waals surface area (Å²) >= 11 is 1.63. The van der Waals surface area contributed by atoms with Crippen LogP contribution in [0, 0.1) is 12.8 Å². The van der Waals surface area contributed by atoms with Gasteiger partial charge in [-0.2, -0.15) is 16.3 Å². The highest BCUT2D eigenvalue weighted by molar-refractivity contribution is 7.08. The summed E-state index contributed by atoms with van der Waals surface area (Å²) in [5, 5.41) is 8.21. The molecule has 5 nitrogen and oxygen atoms in total. The van der Waals surface area contributed by atoms with E-state index in [0.717, 1.165) is 49.0 Å². The quantitative estimate of drug-likeness (QED) is 0.667. The van der Waals surface area contributed by atoms with Crippen LogP contribution in [-0.4, -0.2) is 34.0 Å². The number of hydrogen-bond acceptors (Lipinski definition) is 5. The molecule has 0 spiro atoms. The van der Waals surface area contributed by atoms with Crippen molar-refractivity contribution in [1.82, 2.24) is 15.0 Å². The Balaban J connectivity index is 1.38. The molecule has 3 heterocycles. The molecule has 1 saturated heterocycles. The first-order valence-electron chi connectivity index (χ1n) is 9.36. The molecule has 4 rings (SSSR count). The van der Waals surface area contributed by atoms with E-state index in [4.69, 9.17) is 4.52 Å². The molecule has 0 aliphatic carbocycles. The molecule has 27 heavy (non-hydrogen) atoms. The van der Waals surface area contributed by atoms with E-state index in [1.54, 1.807) is 11.3 Å². The lowest BCUT2D eigenvalue weighted by molar-refractivity contribution is -0.132. The van der Waals surface area contributed by atoms with Gasteiger partial charge in [-0.1, -0.05) is 29.4 Å². The minimum absolute atomic E-state index is 0.212. The number of carbonyl (C=O) groups is 1. The molecule has 6 heteroatoms. The maximum atomic E-state index is 12.6. The number of hydrogen-bond donors (Lipinski definition) is 0. The Kier molecular flexibility index (Phi) is 5.34. The second-order valence-corrected chi connectivity index (χ2v) is 7.97. The number of aromatic nitrogens is 2. The third kappa shape index (κ3) is 4.27. The fourth-order valence-electron chi connectivity index (χ4n) is 3.66. The highest BCUT2D eigenvalue weighted by Crippen LogP contribution is 2.24. The molecule has 140 valence electrons. The van der Waals surface area contributed by atoms with Crippen LogP contribution in [0.2, 0.25) is 0 Å². The second kappa shape index (κ2) is 8.05. The number of thiophene rings is 1. The number of amides is 1. The Hall–Kier alpha value is -2.47. The van der Waals surface area contributed by atoms with Crippen molar-refractivity contribution in [2.75, 3.05) is 13.1 Å². The molecule has 0 saturated carbocycles. The average Bonchev–Trinajstić information content (AvgIpc) is 3.34. The van der Waals surface area contributed by atoms with Gasteiger partial charge in [0, 0.05) is 25.1 Å². The highest BCUT2D eigenvalue weighted by Gasteiger charge is 2.25. The minimum Gasteiger partial charge on any atom is -0.342 e. The Bertz CT molecular complexity index is 904. The summed E-state index contributed by atoms with van der Waals surface area (Å²) in [5.41, 5.74) is 3.24. The molecule has 2 aromatic heterocycles. The van der Waals surface area contributed by atoms with Gasteiger partial charge in [0.15, 0.2) is 0 Å². The number of piperidine rings is 1. The third-order valence-electron chi connectivity index (χ3n) is 5.12. The summed E-state index contributed by atoms with van der Waals surface area (Å²) in [6.45, 7) is 3.66. The maximum Gasteiger partial charge on any atom is 0.227 e. The second-order valence-electron chi connectivity index (χ2n) is 7.19. The van der Waals surface area contributed by atoms with Gasteiger partial charge < -0.3 is 9.42 Å². The number of likely N-dealkylation sites (tertiary alicyclic amines) is 1. The molecule has 1 fully saturated rings. The number of nitrogens with zero attached hydrogens (tertiary/aromatic N) is 3. The Morgan fingerprint density at radius 2 is 2.22 bits per heavy atom. The Morgan fingerprint density at radius 1 is 1.33 bits per heavy atom. The van der Waals surface area contributed by atoms with Crippen LogP contribution in [0.4, 0.5) is 0 Å². The van der Waals surface area contributed by atoms with Crippen molar-refractivity contribution in [2.45, 2.75) is 32.6 Å². The van der Waals surface area contributed by atoms with E-state index in [1.165, 1.54) is 0 Å². The molecule has 0 bridgehead atoms. The van der Waals surface area contributed by atoms with Crippen LogP contribution in [0.5, 0.6) is 0 Å². The largest absolute Gasteiger partial charge is 0.342 e. The van der Waals surface area contributed by atoms with Gasteiger partial charge in [0.25, 0.3) is 0 Å². The fourth-order valence-corrected chi connectivity index (χ4v) is 4.32. The number of aryl methyl sites for hydroxylation is 1. The van der Waals surface area contributed by atoms with Crippen LogP contribution >= 0.6 is 11.3 Å². The molecule has 0 radical (unpaired) electrons. The SMILES string of the molecule is Cc1ccccc1-c1noc(C[C@@H]2CCCN(C(=O)Cc3ccsc3)C2)n1. The number of benzene rings is 1. The first kappa shape index (κ1) is 17.9.